The summed E-state index contributed by atoms with van der Waals surface area (Å²) in [7, 11) is 0.00738. The van der Waals surface area contributed by atoms with Crippen molar-refractivity contribution in [1.82, 2.24) is 0 Å². The number of unbranched alkanes of at least 4 members (excludes halogenated alkanes) is 5. The monoisotopic (exact) mass is 242 g/mol. The number of ether oxygens (including phenoxy) is 1. The number of hydrogen-bond acceptors (Lipinski definition) is 1. The van der Waals surface area contributed by atoms with E-state index in [0.29, 0.717) is 5.22 Å². The molecule has 1 fully saturated rings. The van der Waals surface area contributed by atoms with Crippen LogP contribution in [0.1, 0.15) is 71.6 Å². The molecular weight excluding hydrogens is 212 g/mol. The Kier molecular flexibility index (Phi) is 7.38. The van der Waals surface area contributed by atoms with Crippen molar-refractivity contribution in [3.63, 3.8) is 0 Å². The van der Waals surface area contributed by atoms with Crippen LogP contribution in [0.3, 0.4) is 0 Å². The molecule has 1 saturated heterocycles. The van der Waals surface area contributed by atoms with Crippen LogP contribution in [0.4, 0.5) is 0 Å². The molecule has 1 aliphatic heterocycles. The van der Waals surface area contributed by atoms with E-state index in [4.69, 9.17) is 4.74 Å². The molecule has 0 aliphatic carbocycles. The van der Waals surface area contributed by atoms with Crippen LogP contribution in [0, 0.1) is 0 Å². The van der Waals surface area contributed by atoms with Gasteiger partial charge in [0.25, 0.3) is 0 Å². The molecule has 1 aliphatic rings. The normalized spacial score (nSPS) is 26.6. The van der Waals surface area contributed by atoms with Crippen LogP contribution in [0.15, 0.2) is 0 Å². The molecule has 0 bridgehead atoms. The van der Waals surface area contributed by atoms with E-state index in [1.54, 1.807) is 0 Å². The summed E-state index contributed by atoms with van der Waals surface area (Å²) in [4.78, 5) is 0. The van der Waals surface area contributed by atoms with Gasteiger partial charge >= 0.3 is 0 Å². The molecule has 0 saturated carbocycles. The maximum atomic E-state index is 5.97. The van der Waals surface area contributed by atoms with Crippen molar-refractivity contribution >= 4 is 9.52 Å². The van der Waals surface area contributed by atoms with Gasteiger partial charge < -0.3 is 4.74 Å². The zero-order valence-electron chi connectivity index (χ0n) is 11.4. The zero-order valence-corrected chi connectivity index (χ0v) is 12.8. The average Bonchev–Trinajstić information content (AvgIpc) is 2.29. The fraction of sp³-hybridized carbons (Fsp3) is 1.00. The summed E-state index contributed by atoms with van der Waals surface area (Å²) < 4.78 is 5.97. The summed E-state index contributed by atoms with van der Waals surface area (Å²) in [5.74, 6) is 0. The van der Waals surface area contributed by atoms with Crippen molar-refractivity contribution in [3.8, 4) is 0 Å². The summed E-state index contributed by atoms with van der Waals surface area (Å²) in [6.07, 6.45) is 12.7. The fourth-order valence-electron chi connectivity index (χ4n) is 2.64. The molecule has 0 radical (unpaired) electrons. The number of hydrogen-bond donors (Lipinski definition) is 0. The van der Waals surface area contributed by atoms with Gasteiger partial charge in [0.15, 0.2) is 0 Å². The summed E-state index contributed by atoms with van der Waals surface area (Å²) >= 11 is 0. The first kappa shape index (κ1) is 14.2. The van der Waals surface area contributed by atoms with Crippen LogP contribution in [-0.2, 0) is 4.74 Å². The lowest BCUT2D eigenvalue weighted by Crippen LogP contribution is -2.38. The van der Waals surface area contributed by atoms with Crippen molar-refractivity contribution in [2.24, 2.45) is 0 Å². The molecule has 0 spiro atoms. The maximum Gasteiger partial charge on any atom is 0.0591 e. The van der Waals surface area contributed by atoms with Gasteiger partial charge in [-0.3, -0.25) is 0 Å². The van der Waals surface area contributed by atoms with Crippen LogP contribution in [0.2, 0.25) is 6.04 Å². The second-order valence-corrected chi connectivity index (χ2v) is 8.33. The minimum atomic E-state index is 0.00738. The first-order valence-corrected chi connectivity index (χ1v) is 9.11. The predicted molar refractivity (Wildman–Crippen MR) is 74.9 cm³/mol. The van der Waals surface area contributed by atoms with Crippen LogP contribution in [0.25, 0.3) is 0 Å². The van der Waals surface area contributed by atoms with Gasteiger partial charge in [-0.2, -0.15) is 0 Å². The topological polar surface area (TPSA) is 9.23 Å². The van der Waals surface area contributed by atoms with Crippen molar-refractivity contribution < 1.29 is 4.74 Å². The molecule has 0 N–H and O–H groups in total. The Morgan fingerprint density at radius 2 is 1.81 bits per heavy atom. The van der Waals surface area contributed by atoms with Crippen LogP contribution in [0.5, 0.6) is 0 Å². The Labute approximate surface area is 104 Å². The molecule has 0 aromatic heterocycles. The Balaban J connectivity index is 1.93. The standard InChI is InChI=1S/C14H30OSi/c1-3-4-5-6-7-10-13-16-14(2)11-8-9-12-15-14/h3-13,16H2,1-2H3. The molecule has 1 rings (SSSR count). The van der Waals surface area contributed by atoms with E-state index in [0.717, 1.165) is 6.61 Å². The molecule has 1 heterocycles. The van der Waals surface area contributed by atoms with Gasteiger partial charge in [0.05, 0.1) is 9.52 Å². The Morgan fingerprint density at radius 1 is 1.06 bits per heavy atom. The van der Waals surface area contributed by atoms with Gasteiger partial charge in [0.1, 0.15) is 0 Å². The highest BCUT2D eigenvalue weighted by Crippen LogP contribution is 2.24. The highest BCUT2D eigenvalue weighted by atomic mass is 28.2. The van der Waals surface area contributed by atoms with Crippen molar-refractivity contribution in [2.45, 2.75) is 82.9 Å². The Hall–Kier alpha value is 0.177. The van der Waals surface area contributed by atoms with Crippen LogP contribution >= 0.6 is 0 Å². The van der Waals surface area contributed by atoms with Gasteiger partial charge in [0.2, 0.25) is 0 Å². The van der Waals surface area contributed by atoms with E-state index in [1.807, 2.05) is 0 Å². The maximum absolute atomic E-state index is 5.97. The molecule has 2 heteroatoms. The highest BCUT2D eigenvalue weighted by Gasteiger charge is 2.26. The third-order valence-electron chi connectivity index (χ3n) is 3.86. The molecule has 0 aromatic rings. The molecule has 1 nitrogen and oxygen atoms in total. The third kappa shape index (κ3) is 6.05. The molecular formula is C14H30OSi. The summed E-state index contributed by atoms with van der Waals surface area (Å²) in [5, 5.41) is 0.363. The Morgan fingerprint density at radius 3 is 2.50 bits per heavy atom. The van der Waals surface area contributed by atoms with Gasteiger partial charge in [-0.1, -0.05) is 51.5 Å². The van der Waals surface area contributed by atoms with E-state index < -0.39 is 0 Å². The molecule has 0 amide bonds. The van der Waals surface area contributed by atoms with Crippen molar-refractivity contribution in [1.29, 1.82) is 0 Å². The van der Waals surface area contributed by atoms with Gasteiger partial charge in [-0.15, -0.1) is 0 Å². The molecule has 96 valence electrons. The first-order valence-electron chi connectivity index (χ1n) is 7.41. The van der Waals surface area contributed by atoms with Crippen LogP contribution < -0.4 is 0 Å². The van der Waals surface area contributed by atoms with Gasteiger partial charge in [-0.05, 0) is 26.2 Å². The van der Waals surface area contributed by atoms with Gasteiger partial charge in [-0.25, -0.2) is 0 Å². The third-order valence-corrected chi connectivity index (χ3v) is 6.33. The van der Waals surface area contributed by atoms with E-state index >= 15 is 0 Å². The van der Waals surface area contributed by atoms with E-state index in [9.17, 15) is 0 Å². The lowest BCUT2D eigenvalue weighted by Gasteiger charge is -2.33. The van der Waals surface area contributed by atoms with Gasteiger partial charge in [0, 0.05) is 11.8 Å². The second-order valence-electron chi connectivity index (χ2n) is 5.63. The summed E-state index contributed by atoms with van der Waals surface area (Å²) in [6, 6.07) is 1.50. The minimum absolute atomic E-state index is 0.00738. The first-order chi connectivity index (χ1) is 7.77. The fourth-order valence-corrected chi connectivity index (χ4v) is 4.79. The SMILES string of the molecule is CCCCCCCC[SiH2]C1(C)CCCCO1. The smallest absolute Gasteiger partial charge is 0.0591 e. The molecule has 16 heavy (non-hydrogen) atoms. The lowest BCUT2D eigenvalue weighted by atomic mass is 10.1. The summed E-state index contributed by atoms with van der Waals surface area (Å²) in [5.41, 5.74) is 0. The Bertz CT molecular complexity index is 164. The lowest BCUT2D eigenvalue weighted by molar-refractivity contribution is -0.00734. The quantitative estimate of drug-likeness (QED) is 0.464. The second kappa shape index (κ2) is 8.29. The largest absolute Gasteiger partial charge is 0.379 e. The molecule has 0 aromatic carbocycles. The minimum Gasteiger partial charge on any atom is -0.379 e. The van der Waals surface area contributed by atoms with Crippen molar-refractivity contribution in [3.05, 3.63) is 0 Å². The average molecular weight is 242 g/mol. The summed E-state index contributed by atoms with van der Waals surface area (Å²) in [6.45, 7) is 5.68. The van der Waals surface area contributed by atoms with E-state index in [2.05, 4.69) is 13.8 Å². The molecule has 1 atom stereocenters. The van der Waals surface area contributed by atoms with Crippen LogP contribution in [-0.4, -0.2) is 21.4 Å². The molecule has 1 unspecified atom stereocenters. The van der Waals surface area contributed by atoms with Crippen molar-refractivity contribution in [2.75, 3.05) is 6.61 Å². The highest BCUT2D eigenvalue weighted by molar-refractivity contribution is 6.39. The van der Waals surface area contributed by atoms with E-state index in [-0.39, 0.29) is 9.52 Å². The number of rotatable bonds is 8. The van der Waals surface area contributed by atoms with E-state index in [1.165, 1.54) is 63.8 Å². The zero-order chi connectivity index (χ0) is 11.7. The predicted octanol–water partition coefficient (Wildman–Crippen LogP) is 3.85.